The lowest BCUT2D eigenvalue weighted by atomic mass is 10.1. The topological polar surface area (TPSA) is 137 Å². The van der Waals surface area contributed by atoms with Gasteiger partial charge >= 0.3 is 6.03 Å². The van der Waals surface area contributed by atoms with Crippen LogP contribution in [0.3, 0.4) is 0 Å². The van der Waals surface area contributed by atoms with Gasteiger partial charge in [0.2, 0.25) is 5.88 Å². The van der Waals surface area contributed by atoms with E-state index >= 15 is 4.39 Å². The number of hydrogen-bond donors (Lipinski definition) is 3. The van der Waals surface area contributed by atoms with Crippen LogP contribution in [-0.4, -0.2) is 30.7 Å². The van der Waals surface area contributed by atoms with Crippen molar-refractivity contribution < 1.29 is 13.7 Å². The number of benzene rings is 1. The molecule has 1 aliphatic rings. The number of nitrogens with zero attached hydrogens (tertiary/aromatic N) is 5. The molecule has 6 rings (SSSR count). The summed E-state index contributed by atoms with van der Waals surface area (Å²) in [4.78, 5) is 25.0. The lowest BCUT2D eigenvalue weighted by Gasteiger charge is -2.08. The van der Waals surface area contributed by atoms with Gasteiger partial charge in [0.1, 0.15) is 18.0 Å². The summed E-state index contributed by atoms with van der Waals surface area (Å²) in [5, 5.41) is 9.66. The van der Waals surface area contributed by atoms with Gasteiger partial charge in [0.25, 0.3) is 0 Å². The maximum absolute atomic E-state index is 15.1. The van der Waals surface area contributed by atoms with Crippen LogP contribution in [0.5, 0.6) is 0 Å². The molecule has 0 unspecified atom stereocenters. The van der Waals surface area contributed by atoms with Gasteiger partial charge in [0.05, 0.1) is 22.5 Å². The predicted octanol–water partition coefficient (Wildman–Crippen LogP) is 4.89. The van der Waals surface area contributed by atoms with Crippen LogP contribution < -0.4 is 16.4 Å². The van der Waals surface area contributed by atoms with Crippen molar-refractivity contribution in [2.24, 2.45) is 0 Å². The van der Waals surface area contributed by atoms with Crippen LogP contribution in [0.1, 0.15) is 25.5 Å². The second-order valence-corrected chi connectivity index (χ2v) is 8.99. The van der Waals surface area contributed by atoms with Crippen LogP contribution in [0.2, 0.25) is 0 Å². The summed E-state index contributed by atoms with van der Waals surface area (Å²) in [7, 11) is 0. The number of halogens is 1. The van der Waals surface area contributed by atoms with E-state index in [1.165, 1.54) is 18.5 Å². The Labute approximate surface area is 204 Å². The fourth-order valence-corrected chi connectivity index (χ4v) is 4.12. The molecule has 1 aromatic carbocycles. The molecule has 4 heterocycles. The molecule has 1 saturated carbocycles. The zero-order valence-electron chi connectivity index (χ0n) is 19.2. The average molecular weight is 484 g/mol. The number of nitrogens with one attached hydrogen (secondary N) is 2. The van der Waals surface area contributed by atoms with Crippen LogP contribution in [0, 0.1) is 5.82 Å². The number of carbonyl (C=O) groups is 1. The van der Waals surface area contributed by atoms with Crippen LogP contribution in [0.25, 0.3) is 27.8 Å². The molecule has 11 heteroatoms. The molecule has 0 aliphatic heterocycles. The quantitative estimate of drug-likeness (QED) is 0.323. The first-order chi connectivity index (χ1) is 17.4. The highest BCUT2D eigenvalue weighted by Crippen LogP contribution is 2.47. The van der Waals surface area contributed by atoms with Crippen molar-refractivity contribution in [3.63, 3.8) is 0 Å². The van der Waals surface area contributed by atoms with Gasteiger partial charge in [-0.1, -0.05) is 18.1 Å². The molecule has 1 fully saturated rings. The maximum atomic E-state index is 15.1. The van der Waals surface area contributed by atoms with Gasteiger partial charge in [0, 0.05) is 35.6 Å². The second-order valence-electron chi connectivity index (χ2n) is 8.99. The number of urea groups is 1. The monoisotopic (exact) mass is 484 g/mol. The highest BCUT2D eigenvalue weighted by molar-refractivity contribution is 6.02. The summed E-state index contributed by atoms with van der Waals surface area (Å²) < 4.78 is 22.1. The Morgan fingerprint density at radius 3 is 2.69 bits per heavy atom. The van der Waals surface area contributed by atoms with Crippen LogP contribution in [-0.2, 0) is 5.41 Å². The number of carbonyl (C=O) groups excluding carboxylic acids is 1. The summed E-state index contributed by atoms with van der Waals surface area (Å²) in [6.07, 6.45) is 8.60. The molecule has 0 saturated heterocycles. The molecule has 4 aromatic heterocycles. The van der Waals surface area contributed by atoms with Gasteiger partial charge in [-0.05, 0) is 42.7 Å². The number of nitrogens with two attached hydrogens (primary N) is 1. The maximum Gasteiger partial charge on any atom is 0.326 e. The second kappa shape index (κ2) is 8.15. The van der Waals surface area contributed by atoms with E-state index in [1.807, 2.05) is 22.9 Å². The number of pyridine rings is 1. The number of anilines is 3. The van der Waals surface area contributed by atoms with Gasteiger partial charge in [-0.3, -0.25) is 10.3 Å². The van der Waals surface area contributed by atoms with Crippen molar-refractivity contribution in [3.8, 4) is 16.8 Å². The number of aromatic nitrogens is 5. The molecule has 10 nitrogen and oxygen atoms in total. The van der Waals surface area contributed by atoms with E-state index in [9.17, 15) is 4.79 Å². The molecule has 4 N–H and O–H groups in total. The van der Waals surface area contributed by atoms with E-state index in [0.29, 0.717) is 22.2 Å². The molecule has 5 aromatic rings. The molecule has 0 spiro atoms. The zero-order valence-corrected chi connectivity index (χ0v) is 19.2. The molecule has 0 bridgehead atoms. The van der Waals surface area contributed by atoms with Gasteiger partial charge in [-0.2, -0.15) is 0 Å². The van der Waals surface area contributed by atoms with E-state index in [4.69, 9.17) is 10.3 Å². The average Bonchev–Trinajstić information content (AvgIpc) is 3.27. The molecule has 180 valence electrons. The fraction of sp³-hybridized carbons (Fsp3) is 0.160. The van der Waals surface area contributed by atoms with Crippen molar-refractivity contribution in [3.05, 3.63) is 72.8 Å². The van der Waals surface area contributed by atoms with Crippen LogP contribution in [0.15, 0.2) is 65.8 Å². The first kappa shape index (κ1) is 21.7. The third kappa shape index (κ3) is 3.80. The summed E-state index contributed by atoms with van der Waals surface area (Å²) >= 11 is 0. The third-order valence-corrected chi connectivity index (χ3v) is 6.45. The zero-order chi connectivity index (χ0) is 24.9. The summed E-state index contributed by atoms with van der Waals surface area (Å²) in [6, 6.07) is 9.21. The highest BCUT2D eigenvalue weighted by atomic mass is 19.1. The molecular formula is C25H21FN8O2. The Balaban J connectivity index is 1.27. The smallest absolute Gasteiger partial charge is 0.326 e. The Kier molecular flexibility index (Phi) is 4.92. The SMILES string of the molecule is CC1(c2cc(NC(=O)Nc3ccc(-c4cn(-c5ccncc5)c5ncnc(N)c45)cc3F)on2)CC1. The van der Waals surface area contributed by atoms with E-state index in [1.54, 1.807) is 24.5 Å². The lowest BCUT2D eigenvalue weighted by molar-refractivity contribution is 0.261. The lowest BCUT2D eigenvalue weighted by Crippen LogP contribution is -2.19. The number of hydrogen-bond acceptors (Lipinski definition) is 7. The van der Waals surface area contributed by atoms with Gasteiger partial charge in [0.15, 0.2) is 5.65 Å². The van der Waals surface area contributed by atoms with Gasteiger partial charge in [-0.25, -0.2) is 19.2 Å². The van der Waals surface area contributed by atoms with Crippen molar-refractivity contribution in [2.75, 3.05) is 16.4 Å². The summed E-state index contributed by atoms with van der Waals surface area (Å²) in [6.45, 7) is 2.08. The minimum absolute atomic E-state index is 0.00670. The standard InChI is InChI=1S/C25H21FN8O2/c1-25(6-7-25)19-11-20(36-33-19)32-24(35)31-18-3-2-14(10-17(18)26)16-12-34(15-4-8-28-9-5-15)23-21(16)22(27)29-13-30-23/h2-5,8-13H,6-7H2,1H3,(H2,27,29,30)(H2,31,32,35). The summed E-state index contributed by atoms with van der Waals surface area (Å²) in [5.74, 6) is -0.144. The number of amides is 2. The molecule has 36 heavy (non-hydrogen) atoms. The van der Waals surface area contributed by atoms with E-state index in [-0.39, 0.29) is 22.8 Å². The molecule has 0 atom stereocenters. The Morgan fingerprint density at radius 2 is 1.94 bits per heavy atom. The van der Waals surface area contributed by atoms with Crippen molar-refractivity contribution in [1.29, 1.82) is 0 Å². The largest absolute Gasteiger partial charge is 0.383 e. The van der Waals surface area contributed by atoms with Gasteiger partial charge in [-0.15, -0.1) is 0 Å². The Bertz CT molecular complexity index is 1610. The van der Waals surface area contributed by atoms with E-state index < -0.39 is 11.8 Å². The molecule has 2 amide bonds. The van der Waals surface area contributed by atoms with Crippen LogP contribution >= 0.6 is 0 Å². The Morgan fingerprint density at radius 1 is 1.14 bits per heavy atom. The first-order valence-electron chi connectivity index (χ1n) is 11.3. The van der Waals surface area contributed by atoms with E-state index in [2.05, 4.69) is 37.7 Å². The Hall–Kier alpha value is -4.80. The number of fused-ring (bicyclic) bond motifs is 1. The molecular weight excluding hydrogens is 463 g/mol. The van der Waals surface area contributed by atoms with E-state index in [0.717, 1.165) is 24.2 Å². The first-order valence-corrected chi connectivity index (χ1v) is 11.3. The summed E-state index contributed by atoms with van der Waals surface area (Å²) in [5.41, 5.74) is 9.59. The number of nitrogen functional groups attached to an aromatic ring is 1. The predicted molar refractivity (Wildman–Crippen MR) is 132 cm³/mol. The normalized spacial score (nSPS) is 14.1. The van der Waals surface area contributed by atoms with Gasteiger partial charge < -0.3 is 20.1 Å². The molecule has 1 aliphatic carbocycles. The minimum Gasteiger partial charge on any atom is -0.383 e. The number of rotatable bonds is 5. The van der Waals surface area contributed by atoms with Crippen molar-refractivity contribution in [1.82, 2.24) is 24.7 Å². The molecule has 0 radical (unpaired) electrons. The van der Waals surface area contributed by atoms with Crippen molar-refractivity contribution in [2.45, 2.75) is 25.2 Å². The van der Waals surface area contributed by atoms with Crippen LogP contribution in [0.4, 0.5) is 26.6 Å². The highest BCUT2D eigenvalue weighted by Gasteiger charge is 2.42. The third-order valence-electron chi connectivity index (χ3n) is 6.45. The van der Waals surface area contributed by atoms with Crippen molar-refractivity contribution >= 4 is 34.5 Å². The minimum atomic E-state index is -0.641. The fourth-order valence-electron chi connectivity index (χ4n) is 4.12.